The van der Waals surface area contributed by atoms with E-state index in [-0.39, 0.29) is 42.9 Å². The Morgan fingerprint density at radius 3 is 1.44 bits per heavy atom. The van der Waals surface area contributed by atoms with Crippen LogP contribution < -0.4 is 0 Å². The molecular weight excluding hydrogens is 144 g/mol. The summed E-state index contributed by atoms with van der Waals surface area (Å²) in [5.74, 6) is 0. The van der Waals surface area contributed by atoms with E-state index in [1.54, 1.807) is 0 Å². The van der Waals surface area contributed by atoms with Crippen LogP contribution in [0.2, 0.25) is 0 Å². The average Bonchev–Trinajstić information content (AvgIpc) is 1.72. The Bertz CT molecular complexity index is 24.4. The molecule has 1 aliphatic carbocycles. The van der Waals surface area contributed by atoms with Crippen LogP contribution in [-0.2, 0) is 0 Å². The van der Waals surface area contributed by atoms with E-state index in [1.807, 2.05) is 0 Å². The first kappa shape index (κ1) is 16.6. The van der Waals surface area contributed by atoms with Crippen LogP contribution >= 0.6 is 12.4 Å². The molecule has 0 aromatic carbocycles. The van der Waals surface area contributed by atoms with Gasteiger partial charge < -0.3 is 13.8 Å². The predicted molar refractivity (Wildman–Crippen MR) is 46.8 cm³/mol. The molecule has 1 fully saturated rings. The van der Waals surface area contributed by atoms with Gasteiger partial charge in [-0.2, -0.15) is 12.8 Å². The Kier molecular flexibility index (Phi) is 21.7. The van der Waals surface area contributed by atoms with E-state index >= 15 is 0 Å². The van der Waals surface area contributed by atoms with Gasteiger partial charge in [0.1, 0.15) is 0 Å². The average molecular weight is 159 g/mol. The minimum absolute atomic E-state index is 0. The molecule has 52 valence electrons. The van der Waals surface area contributed by atoms with E-state index in [9.17, 15) is 0 Å². The normalized spacial score (nSPS) is 16.0. The first-order valence-electron chi connectivity index (χ1n) is 2.82. The monoisotopic (exact) mass is 158 g/mol. The Labute approximate surface area is 81.4 Å². The van der Waals surface area contributed by atoms with Crippen LogP contribution in [-0.4, -0.2) is 23.1 Å². The number of hydrogen-bond donors (Lipinski definition) is 0. The molecule has 0 spiro atoms. The van der Waals surface area contributed by atoms with Crippen LogP contribution in [0, 0.1) is 13.8 Å². The van der Waals surface area contributed by atoms with Crippen molar-refractivity contribution >= 4 is 35.5 Å². The molecule has 1 saturated carbocycles. The van der Waals surface area contributed by atoms with E-state index < -0.39 is 0 Å². The third kappa shape index (κ3) is 9.06. The van der Waals surface area contributed by atoms with Crippen molar-refractivity contribution in [3.63, 3.8) is 0 Å². The summed E-state index contributed by atoms with van der Waals surface area (Å²) in [6, 6.07) is 0. The second-order valence-corrected chi connectivity index (χ2v) is 1.93. The van der Waals surface area contributed by atoms with Crippen molar-refractivity contribution in [3.05, 3.63) is 13.8 Å². The molecule has 0 nitrogen and oxygen atoms in total. The molecule has 9 heavy (non-hydrogen) atoms. The topological polar surface area (TPSA) is 0 Å². The standard InChI is InChI=1S/C6H11.CH3.ClH.Mg/c1-2-4-6-5-3-1;;;/h1H,2-6H2;1H3;1H;/q2*-1;;+2. The molecule has 0 bridgehead atoms. The summed E-state index contributed by atoms with van der Waals surface area (Å²) < 4.78 is 0. The van der Waals surface area contributed by atoms with Gasteiger partial charge in [-0.05, 0) is 0 Å². The van der Waals surface area contributed by atoms with Gasteiger partial charge in [0.25, 0.3) is 0 Å². The van der Waals surface area contributed by atoms with Crippen LogP contribution in [0.3, 0.4) is 0 Å². The fraction of sp³-hybridized carbons (Fsp3) is 0.714. The van der Waals surface area contributed by atoms with Crippen molar-refractivity contribution in [1.29, 1.82) is 0 Å². The second kappa shape index (κ2) is 11.8. The minimum Gasteiger partial charge on any atom is -0.358 e. The van der Waals surface area contributed by atoms with Gasteiger partial charge >= 0.3 is 23.1 Å². The fourth-order valence-electron chi connectivity index (χ4n) is 0.898. The van der Waals surface area contributed by atoms with Gasteiger partial charge in [0.15, 0.2) is 0 Å². The molecule has 0 heterocycles. The number of hydrogen-bond acceptors (Lipinski definition) is 0. The smallest absolute Gasteiger partial charge is 0.358 e. The van der Waals surface area contributed by atoms with Gasteiger partial charge in [-0.25, -0.2) is 0 Å². The molecule has 0 saturated heterocycles. The van der Waals surface area contributed by atoms with Crippen LogP contribution in [0.25, 0.3) is 0 Å². The summed E-state index contributed by atoms with van der Waals surface area (Å²) in [7, 11) is 0. The maximum atomic E-state index is 2.39. The van der Waals surface area contributed by atoms with Crippen molar-refractivity contribution in [2.75, 3.05) is 0 Å². The predicted octanol–water partition coefficient (Wildman–Crippen LogP) is 2.65. The number of halogens is 1. The molecule has 0 aliphatic heterocycles. The number of rotatable bonds is 0. The SMILES string of the molecule is Cl.[CH-]1CCCCC1.[CH3-].[Mg+2]. The van der Waals surface area contributed by atoms with Gasteiger partial charge in [0.2, 0.25) is 0 Å². The molecule has 0 N–H and O–H groups in total. The fourth-order valence-corrected chi connectivity index (χ4v) is 0.898. The molecule has 0 amide bonds. The Morgan fingerprint density at radius 1 is 0.889 bits per heavy atom. The maximum Gasteiger partial charge on any atom is 2.00 e. The quantitative estimate of drug-likeness (QED) is 0.376. The summed E-state index contributed by atoms with van der Waals surface area (Å²) in [6.07, 6.45) is 9.50. The van der Waals surface area contributed by atoms with Crippen LogP contribution in [0.4, 0.5) is 0 Å². The summed E-state index contributed by atoms with van der Waals surface area (Å²) in [6.45, 7) is 0. The van der Waals surface area contributed by atoms with Crippen molar-refractivity contribution < 1.29 is 0 Å². The van der Waals surface area contributed by atoms with Crippen molar-refractivity contribution in [2.45, 2.75) is 32.1 Å². The third-order valence-electron chi connectivity index (χ3n) is 1.32. The molecule has 1 rings (SSSR count). The van der Waals surface area contributed by atoms with Crippen molar-refractivity contribution in [2.24, 2.45) is 0 Å². The van der Waals surface area contributed by atoms with E-state index in [0.717, 1.165) is 0 Å². The minimum atomic E-state index is 0. The zero-order valence-electron chi connectivity index (χ0n) is 6.23. The summed E-state index contributed by atoms with van der Waals surface area (Å²) >= 11 is 0. The summed E-state index contributed by atoms with van der Waals surface area (Å²) in [5.41, 5.74) is 0. The maximum absolute atomic E-state index is 2.39. The van der Waals surface area contributed by atoms with E-state index in [4.69, 9.17) is 0 Å². The summed E-state index contributed by atoms with van der Waals surface area (Å²) in [4.78, 5) is 0. The molecule has 1 aliphatic rings. The second-order valence-electron chi connectivity index (χ2n) is 1.93. The molecule has 0 unspecified atom stereocenters. The summed E-state index contributed by atoms with van der Waals surface area (Å²) in [5, 5.41) is 0. The van der Waals surface area contributed by atoms with Gasteiger partial charge in [0, 0.05) is 0 Å². The van der Waals surface area contributed by atoms with Gasteiger partial charge in [-0.1, -0.05) is 19.3 Å². The Balaban J connectivity index is -0.000000120. The third-order valence-corrected chi connectivity index (χ3v) is 1.32. The molecule has 0 aromatic heterocycles. The zero-order valence-corrected chi connectivity index (χ0v) is 8.46. The van der Waals surface area contributed by atoms with Crippen molar-refractivity contribution in [1.82, 2.24) is 0 Å². The van der Waals surface area contributed by atoms with Gasteiger partial charge in [0.05, 0.1) is 0 Å². The first-order chi connectivity index (χ1) is 3.00. The van der Waals surface area contributed by atoms with Gasteiger partial charge in [-0.3, -0.25) is 0 Å². The first-order valence-corrected chi connectivity index (χ1v) is 2.82. The molecule has 0 atom stereocenters. The zero-order chi connectivity index (χ0) is 4.24. The molecule has 0 aromatic rings. The Hall–Kier alpha value is 1.06. The molecule has 2 heteroatoms. The molecular formula is C7H15ClMg. The van der Waals surface area contributed by atoms with Gasteiger partial charge in [-0.15, -0.1) is 12.4 Å². The van der Waals surface area contributed by atoms with Crippen LogP contribution in [0.15, 0.2) is 0 Å². The Morgan fingerprint density at radius 2 is 1.33 bits per heavy atom. The van der Waals surface area contributed by atoms with Crippen molar-refractivity contribution in [3.8, 4) is 0 Å². The van der Waals surface area contributed by atoms with Crippen LogP contribution in [0.5, 0.6) is 0 Å². The van der Waals surface area contributed by atoms with E-state index in [2.05, 4.69) is 6.42 Å². The largest absolute Gasteiger partial charge is 2.00 e. The molecule has 0 radical (unpaired) electrons. The van der Waals surface area contributed by atoms with E-state index in [0.29, 0.717) is 0 Å². The van der Waals surface area contributed by atoms with E-state index in [1.165, 1.54) is 32.1 Å². The van der Waals surface area contributed by atoms with Crippen LogP contribution in [0.1, 0.15) is 32.1 Å².